The second kappa shape index (κ2) is 13.9. The van der Waals surface area contributed by atoms with Crippen LogP contribution < -0.4 is 0 Å². The van der Waals surface area contributed by atoms with Crippen molar-refractivity contribution in [2.75, 3.05) is 6.61 Å². The van der Waals surface area contributed by atoms with E-state index in [0.29, 0.717) is 13.0 Å². The van der Waals surface area contributed by atoms with E-state index in [-0.39, 0.29) is 11.8 Å². The fourth-order valence-electron chi connectivity index (χ4n) is 3.91. The molecule has 1 heterocycles. The first kappa shape index (κ1) is 27.7. The Morgan fingerprint density at radius 2 is 1.48 bits per heavy atom. The van der Waals surface area contributed by atoms with Crippen molar-refractivity contribution in [1.29, 1.82) is 0 Å². The van der Waals surface area contributed by atoms with Crippen molar-refractivity contribution < 1.29 is 19.1 Å². The molecule has 180 valence electrons. The highest BCUT2D eigenvalue weighted by Crippen LogP contribution is 2.30. The molecule has 5 nitrogen and oxygen atoms in total. The second-order valence-corrected chi connectivity index (χ2v) is 10.3. The molecule has 0 aliphatic carbocycles. The number of unbranched alkanes of at least 4 members (excludes halogenated alkanes) is 10. The zero-order valence-corrected chi connectivity index (χ0v) is 21.0. The maximum atomic E-state index is 12.6. The van der Waals surface area contributed by atoms with Gasteiger partial charge in [0.15, 0.2) is 5.78 Å². The van der Waals surface area contributed by atoms with Crippen molar-refractivity contribution in [2.45, 2.75) is 136 Å². The minimum Gasteiger partial charge on any atom is -0.444 e. The van der Waals surface area contributed by atoms with E-state index < -0.39 is 17.4 Å². The Hall–Kier alpha value is -1.36. The molecule has 0 radical (unpaired) electrons. The van der Waals surface area contributed by atoms with Gasteiger partial charge in [-0.1, -0.05) is 77.2 Å². The molecule has 0 aromatic carbocycles. The van der Waals surface area contributed by atoms with Gasteiger partial charge in [0.1, 0.15) is 11.3 Å². The van der Waals surface area contributed by atoms with E-state index in [2.05, 4.69) is 6.92 Å². The summed E-state index contributed by atoms with van der Waals surface area (Å²) in [6, 6.07) is -0.286. The average Bonchev–Trinajstić information content (AvgIpc) is 2.97. The lowest BCUT2D eigenvalue weighted by Crippen LogP contribution is -2.49. The highest BCUT2D eigenvalue weighted by atomic mass is 16.6. The lowest BCUT2D eigenvalue weighted by Gasteiger charge is -2.34. The molecule has 1 rings (SSSR count). The maximum absolute atomic E-state index is 12.6. The second-order valence-electron chi connectivity index (χ2n) is 10.3. The number of ether oxygens (including phenoxy) is 2. The maximum Gasteiger partial charge on any atom is 0.413 e. The van der Waals surface area contributed by atoms with Gasteiger partial charge in [-0.05, 0) is 47.1 Å². The van der Waals surface area contributed by atoms with Crippen molar-refractivity contribution in [1.82, 2.24) is 4.90 Å². The summed E-state index contributed by atoms with van der Waals surface area (Å²) in [7, 11) is 0. The SMILES string of the molecule is CCCCCCCCCCCCCC(=O)/C=C/[C@@H]1COC(C)(C)N1C(=O)OC(C)(C)C. The number of allylic oxidation sites excluding steroid dienone is 1. The summed E-state index contributed by atoms with van der Waals surface area (Å²) in [5.41, 5.74) is -1.33. The Morgan fingerprint density at radius 3 is 2.00 bits per heavy atom. The van der Waals surface area contributed by atoms with Crippen LogP contribution in [0.2, 0.25) is 0 Å². The first-order valence-corrected chi connectivity index (χ1v) is 12.4. The Kier molecular flexibility index (Phi) is 12.4. The van der Waals surface area contributed by atoms with E-state index >= 15 is 0 Å². The Labute approximate surface area is 190 Å². The van der Waals surface area contributed by atoms with Crippen molar-refractivity contribution in [3.05, 3.63) is 12.2 Å². The van der Waals surface area contributed by atoms with Gasteiger partial charge in [0.25, 0.3) is 0 Å². The van der Waals surface area contributed by atoms with Crippen LogP contribution in [0.25, 0.3) is 0 Å². The van der Waals surface area contributed by atoms with Crippen LogP contribution in [0.15, 0.2) is 12.2 Å². The molecule has 0 aromatic rings. The first-order valence-electron chi connectivity index (χ1n) is 12.4. The van der Waals surface area contributed by atoms with Crippen LogP contribution in [-0.2, 0) is 14.3 Å². The van der Waals surface area contributed by atoms with Gasteiger partial charge in [-0.2, -0.15) is 0 Å². The molecule has 0 unspecified atom stereocenters. The number of ketones is 1. The van der Waals surface area contributed by atoms with Gasteiger partial charge in [-0.15, -0.1) is 0 Å². The number of rotatable bonds is 14. The fourth-order valence-corrected chi connectivity index (χ4v) is 3.91. The zero-order chi connectivity index (χ0) is 23.3. The van der Waals surface area contributed by atoms with Crippen LogP contribution >= 0.6 is 0 Å². The summed E-state index contributed by atoms with van der Waals surface area (Å²) < 4.78 is 11.3. The van der Waals surface area contributed by atoms with Crippen molar-refractivity contribution in [3.8, 4) is 0 Å². The molecule has 0 saturated carbocycles. The van der Waals surface area contributed by atoms with E-state index in [1.165, 1.54) is 57.8 Å². The van der Waals surface area contributed by atoms with Crippen molar-refractivity contribution in [3.63, 3.8) is 0 Å². The Bertz CT molecular complexity index is 562. The topological polar surface area (TPSA) is 55.8 Å². The van der Waals surface area contributed by atoms with Gasteiger partial charge in [-0.3, -0.25) is 9.69 Å². The summed E-state index contributed by atoms with van der Waals surface area (Å²) >= 11 is 0. The Morgan fingerprint density at radius 1 is 0.968 bits per heavy atom. The third-order valence-electron chi connectivity index (χ3n) is 5.64. The molecule has 0 aromatic heterocycles. The molecular formula is C26H47NO4. The lowest BCUT2D eigenvalue weighted by molar-refractivity contribution is -0.114. The molecule has 1 amide bonds. The van der Waals surface area contributed by atoms with Crippen LogP contribution in [-0.4, -0.2) is 40.8 Å². The lowest BCUT2D eigenvalue weighted by atomic mass is 10.0. The molecule has 0 N–H and O–H groups in total. The van der Waals surface area contributed by atoms with E-state index in [9.17, 15) is 9.59 Å². The summed E-state index contributed by atoms with van der Waals surface area (Å²) in [6.45, 7) is 11.8. The quantitative estimate of drug-likeness (QED) is 0.213. The molecule has 5 heteroatoms. The molecule has 1 aliphatic rings. The molecule has 1 saturated heterocycles. The monoisotopic (exact) mass is 437 g/mol. The van der Waals surface area contributed by atoms with Crippen LogP contribution in [0.1, 0.15) is 119 Å². The van der Waals surface area contributed by atoms with Crippen molar-refractivity contribution in [2.24, 2.45) is 0 Å². The van der Waals surface area contributed by atoms with Gasteiger partial charge in [-0.25, -0.2) is 4.79 Å². The Balaban J connectivity index is 2.27. The third kappa shape index (κ3) is 11.7. The highest BCUT2D eigenvalue weighted by Gasteiger charge is 2.44. The zero-order valence-electron chi connectivity index (χ0n) is 21.0. The minimum atomic E-state index is -0.754. The smallest absolute Gasteiger partial charge is 0.413 e. The molecule has 0 bridgehead atoms. The van der Waals surface area contributed by atoms with Crippen LogP contribution in [0.3, 0.4) is 0 Å². The van der Waals surface area contributed by atoms with Crippen LogP contribution in [0, 0.1) is 0 Å². The van der Waals surface area contributed by atoms with Crippen LogP contribution in [0.4, 0.5) is 4.79 Å². The van der Waals surface area contributed by atoms with Crippen molar-refractivity contribution >= 4 is 11.9 Å². The molecule has 0 spiro atoms. The minimum absolute atomic E-state index is 0.116. The van der Waals surface area contributed by atoms with E-state index in [4.69, 9.17) is 9.47 Å². The summed E-state index contributed by atoms with van der Waals surface area (Å²) in [6.07, 6.45) is 17.6. The van der Waals surface area contributed by atoms with E-state index in [0.717, 1.165) is 12.8 Å². The van der Waals surface area contributed by atoms with Crippen LogP contribution in [0.5, 0.6) is 0 Å². The highest BCUT2D eigenvalue weighted by molar-refractivity contribution is 5.89. The van der Waals surface area contributed by atoms with Gasteiger partial charge < -0.3 is 9.47 Å². The van der Waals surface area contributed by atoms with Gasteiger partial charge in [0, 0.05) is 6.42 Å². The molecular weight excluding hydrogens is 390 g/mol. The first-order chi connectivity index (χ1) is 14.6. The third-order valence-corrected chi connectivity index (χ3v) is 5.64. The van der Waals surface area contributed by atoms with E-state index in [1.807, 2.05) is 34.6 Å². The van der Waals surface area contributed by atoms with Gasteiger partial charge >= 0.3 is 6.09 Å². The standard InChI is InChI=1S/C26H47NO4/c1-7-8-9-10-11-12-13-14-15-16-17-18-23(28)20-19-22-21-30-26(5,6)27(22)24(29)31-25(2,3)4/h19-20,22H,7-18,21H2,1-6H3/b20-19+/t22-/m1/s1. The summed E-state index contributed by atoms with van der Waals surface area (Å²) in [4.78, 5) is 26.5. The van der Waals surface area contributed by atoms with Gasteiger partial charge in [0.05, 0.1) is 12.6 Å². The molecule has 31 heavy (non-hydrogen) atoms. The molecule has 1 fully saturated rings. The number of carbonyl (C=O) groups is 2. The van der Waals surface area contributed by atoms with Gasteiger partial charge in [0.2, 0.25) is 0 Å². The summed E-state index contributed by atoms with van der Waals surface area (Å²) in [5.74, 6) is 0.116. The predicted octanol–water partition coefficient (Wildman–Crippen LogP) is 7.18. The fraction of sp³-hybridized carbons (Fsp3) is 0.846. The number of hydrogen-bond donors (Lipinski definition) is 0. The predicted molar refractivity (Wildman–Crippen MR) is 127 cm³/mol. The summed E-state index contributed by atoms with van der Waals surface area (Å²) in [5, 5.41) is 0. The largest absolute Gasteiger partial charge is 0.444 e. The molecule has 1 atom stereocenters. The van der Waals surface area contributed by atoms with E-state index in [1.54, 1.807) is 17.1 Å². The molecule has 1 aliphatic heterocycles. The number of carbonyl (C=O) groups excluding carboxylic acids is 2. The average molecular weight is 438 g/mol. The number of nitrogens with zero attached hydrogens (tertiary/aromatic N) is 1. The normalized spacial score (nSPS) is 18.6. The number of amides is 1. The number of hydrogen-bond acceptors (Lipinski definition) is 4.